The average molecular weight is 206 g/mol. The third kappa shape index (κ3) is 2.68. The quantitative estimate of drug-likeness (QED) is 0.690. The van der Waals surface area contributed by atoms with E-state index in [2.05, 4.69) is 4.98 Å². The Bertz CT molecular complexity index is 381. The molecular weight excluding hydrogens is 200 g/mol. The maximum atomic E-state index is 10.6. The molecule has 12 heavy (non-hydrogen) atoms. The van der Waals surface area contributed by atoms with E-state index in [-0.39, 0.29) is 11.4 Å². The number of rotatable bonds is 3. The largest absolute Gasteiger partial charge is 0.296 e. The van der Waals surface area contributed by atoms with Gasteiger partial charge in [-0.1, -0.05) is 0 Å². The van der Waals surface area contributed by atoms with Gasteiger partial charge in [0.25, 0.3) is 0 Å². The van der Waals surface area contributed by atoms with E-state index >= 15 is 0 Å². The SMILES string of the molecule is NS(=O)(=O)Cc1nc(C=O)cs1. The van der Waals surface area contributed by atoms with Crippen molar-refractivity contribution < 1.29 is 13.2 Å². The number of hydrogen-bond donors (Lipinski definition) is 1. The van der Waals surface area contributed by atoms with Crippen molar-refractivity contribution in [2.75, 3.05) is 0 Å². The van der Waals surface area contributed by atoms with Crippen LogP contribution in [0.5, 0.6) is 0 Å². The summed E-state index contributed by atoms with van der Waals surface area (Å²) in [6.07, 6.45) is 0.559. The fraction of sp³-hybridized carbons (Fsp3) is 0.200. The van der Waals surface area contributed by atoms with E-state index in [9.17, 15) is 13.2 Å². The molecule has 0 unspecified atom stereocenters. The van der Waals surface area contributed by atoms with Crippen LogP contribution in [0.3, 0.4) is 0 Å². The predicted octanol–water partition coefficient (Wildman–Crippen LogP) is -0.256. The molecular formula is C5H6N2O3S2. The van der Waals surface area contributed by atoms with Gasteiger partial charge in [-0.25, -0.2) is 18.5 Å². The smallest absolute Gasteiger partial charge is 0.215 e. The third-order valence-corrected chi connectivity index (χ3v) is 2.74. The van der Waals surface area contributed by atoms with Gasteiger partial charge in [0.15, 0.2) is 6.29 Å². The maximum absolute atomic E-state index is 10.6. The molecule has 0 aliphatic heterocycles. The Labute approximate surface area is 73.3 Å². The molecule has 0 radical (unpaired) electrons. The second-order valence-corrected chi connectivity index (χ2v) is 4.65. The summed E-state index contributed by atoms with van der Waals surface area (Å²) in [6, 6.07) is 0. The lowest BCUT2D eigenvalue weighted by Crippen LogP contribution is -2.14. The first-order chi connectivity index (χ1) is 5.51. The van der Waals surface area contributed by atoms with Crippen molar-refractivity contribution in [3.63, 3.8) is 0 Å². The molecule has 0 spiro atoms. The fourth-order valence-electron chi connectivity index (χ4n) is 0.618. The standard InChI is InChI=1S/C5H6N2O3S2/c6-12(9,10)3-5-7-4(1-8)2-11-5/h1-2H,3H2,(H2,6,9,10). The molecule has 7 heteroatoms. The first-order valence-electron chi connectivity index (χ1n) is 2.91. The highest BCUT2D eigenvalue weighted by Crippen LogP contribution is 2.10. The molecule has 1 aromatic rings. The summed E-state index contributed by atoms with van der Waals surface area (Å²) in [5.74, 6) is -0.314. The molecule has 0 amide bonds. The molecule has 0 aromatic carbocycles. The van der Waals surface area contributed by atoms with Crippen molar-refractivity contribution in [2.24, 2.45) is 5.14 Å². The lowest BCUT2D eigenvalue weighted by atomic mass is 10.6. The summed E-state index contributed by atoms with van der Waals surface area (Å²) in [7, 11) is -3.54. The lowest BCUT2D eigenvalue weighted by Gasteiger charge is -1.90. The van der Waals surface area contributed by atoms with Gasteiger partial charge in [0, 0.05) is 5.38 Å². The number of aromatic nitrogens is 1. The van der Waals surface area contributed by atoms with Gasteiger partial charge in [-0.2, -0.15) is 0 Å². The minimum absolute atomic E-state index is 0.235. The molecule has 2 N–H and O–H groups in total. The van der Waals surface area contributed by atoms with Crippen LogP contribution in [0.4, 0.5) is 0 Å². The van der Waals surface area contributed by atoms with E-state index in [1.165, 1.54) is 5.38 Å². The van der Waals surface area contributed by atoms with Gasteiger partial charge >= 0.3 is 0 Å². The molecule has 1 rings (SSSR count). The van der Waals surface area contributed by atoms with E-state index in [1.807, 2.05) is 0 Å². The minimum atomic E-state index is -3.54. The Morgan fingerprint density at radius 1 is 1.67 bits per heavy atom. The Balaban J connectivity index is 2.84. The number of primary sulfonamides is 1. The molecule has 0 aliphatic carbocycles. The highest BCUT2D eigenvalue weighted by molar-refractivity contribution is 7.88. The summed E-state index contributed by atoms with van der Waals surface area (Å²) in [5.41, 5.74) is 0.235. The zero-order chi connectivity index (χ0) is 9.19. The number of carbonyl (C=O) groups excluding carboxylic acids is 1. The zero-order valence-electron chi connectivity index (χ0n) is 5.93. The van der Waals surface area contributed by atoms with Gasteiger partial charge in [-0.3, -0.25) is 4.79 Å². The molecule has 0 aliphatic rings. The van der Waals surface area contributed by atoms with Crippen molar-refractivity contribution >= 4 is 27.6 Å². The van der Waals surface area contributed by atoms with Gasteiger partial charge in [0.1, 0.15) is 16.5 Å². The molecule has 1 aromatic heterocycles. The van der Waals surface area contributed by atoms with Gasteiger partial charge in [-0.15, -0.1) is 11.3 Å². The highest BCUT2D eigenvalue weighted by atomic mass is 32.2. The lowest BCUT2D eigenvalue weighted by molar-refractivity contribution is 0.111. The molecule has 0 saturated heterocycles. The van der Waals surface area contributed by atoms with Crippen molar-refractivity contribution in [1.29, 1.82) is 0 Å². The normalized spacial score (nSPS) is 11.4. The Morgan fingerprint density at radius 3 is 2.75 bits per heavy atom. The van der Waals surface area contributed by atoms with Crippen LogP contribution in [0.1, 0.15) is 15.5 Å². The topological polar surface area (TPSA) is 90.1 Å². The number of carbonyl (C=O) groups is 1. The minimum Gasteiger partial charge on any atom is -0.296 e. The van der Waals surface area contributed by atoms with Crippen LogP contribution in [-0.2, 0) is 15.8 Å². The number of nitrogens with two attached hydrogens (primary N) is 1. The number of hydrogen-bond acceptors (Lipinski definition) is 5. The van der Waals surface area contributed by atoms with Crippen LogP contribution in [-0.4, -0.2) is 19.7 Å². The first kappa shape index (κ1) is 9.30. The Morgan fingerprint density at radius 2 is 2.33 bits per heavy atom. The molecule has 0 atom stereocenters. The Hall–Kier alpha value is -0.790. The van der Waals surface area contributed by atoms with Gasteiger partial charge in [-0.05, 0) is 0 Å². The van der Waals surface area contributed by atoms with Crippen LogP contribution in [0.15, 0.2) is 5.38 Å². The van der Waals surface area contributed by atoms with Gasteiger partial charge < -0.3 is 0 Å². The molecule has 1 heterocycles. The molecule has 0 fully saturated rings. The fourth-order valence-corrected chi connectivity index (χ4v) is 2.31. The summed E-state index contributed by atoms with van der Waals surface area (Å²) in [4.78, 5) is 13.9. The van der Waals surface area contributed by atoms with Crippen LogP contribution >= 0.6 is 11.3 Å². The summed E-state index contributed by atoms with van der Waals surface area (Å²) >= 11 is 1.10. The maximum Gasteiger partial charge on any atom is 0.215 e. The number of nitrogens with zero attached hydrogens (tertiary/aromatic N) is 1. The average Bonchev–Trinajstić information content (AvgIpc) is 2.32. The van der Waals surface area contributed by atoms with Crippen LogP contribution in [0.2, 0.25) is 0 Å². The summed E-state index contributed by atoms with van der Waals surface area (Å²) in [6.45, 7) is 0. The number of aldehydes is 1. The Kier molecular flexibility index (Phi) is 2.55. The van der Waals surface area contributed by atoms with Crippen LogP contribution < -0.4 is 5.14 Å². The van der Waals surface area contributed by atoms with Gasteiger partial charge in [0.05, 0.1) is 0 Å². The van der Waals surface area contributed by atoms with Crippen molar-refractivity contribution in [2.45, 2.75) is 5.75 Å². The zero-order valence-corrected chi connectivity index (χ0v) is 7.56. The van der Waals surface area contributed by atoms with E-state index in [0.29, 0.717) is 11.3 Å². The van der Waals surface area contributed by atoms with Crippen molar-refractivity contribution in [1.82, 2.24) is 4.98 Å². The molecule has 5 nitrogen and oxygen atoms in total. The van der Waals surface area contributed by atoms with E-state index < -0.39 is 10.0 Å². The van der Waals surface area contributed by atoms with E-state index in [0.717, 1.165) is 11.3 Å². The van der Waals surface area contributed by atoms with E-state index in [4.69, 9.17) is 5.14 Å². The second-order valence-electron chi connectivity index (χ2n) is 2.09. The third-order valence-electron chi connectivity index (χ3n) is 1.01. The molecule has 66 valence electrons. The van der Waals surface area contributed by atoms with Crippen molar-refractivity contribution in [3.8, 4) is 0 Å². The second kappa shape index (κ2) is 3.30. The summed E-state index contributed by atoms with van der Waals surface area (Å²) < 4.78 is 21.1. The molecule has 0 bridgehead atoms. The van der Waals surface area contributed by atoms with Gasteiger partial charge in [0.2, 0.25) is 10.0 Å². The molecule has 0 saturated carbocycles. The predicted molar refractivity (Wildman–Crippen MR) is 44.3 cm³/mol. The number of thiazole rings is 1. The van der Waals surface area contributed by atoms with E-state index in [1.54, 1.807) is 0 Å². The monoisotopic (exact) mass is 206 g/mol. The van der Waals surface area contributed by atoms with Crippen LogP contribution in [0, 0.1) is 0 Å². The van der Waals surface area contributed by atoms with Crippen LogP contribution in [0.25, 0.3) is 0 Å². The number of sulfonamides is 1. The first-order valence-corrected chi connectivity index (χ1v) is 5.51. The van der Waals surface area contributed by atoms with Crippen molar-refractivity contribution in [3.05, 3.63) is 16.1 Å². The summed E-state index contributed by atoms with van der Waals surface area (Å²) in [5, 5.41) is 6.58. The highest BCUT2D eigenvalue weighted by Gasteiger charge is 2.08.